The summed E-state index contributed by atoms with van der Waals surface area (Å²) in [6, 6.07) is 21.6. The Morgan fingerprint density at radius 1 is 0.976 bits per heavy atom. The van der Waals surface area contributed by atoms with Crippen LogP contribution in [0, 0.1) is 6.92 Å². The topological polar surface area (TPSA) is 86.8 Å². The predicted octanol–water partition coefficient (Wildman–Crippen LogP) is 6.51. The second-order valence-electron chi connectivity index (χ2n) is 10.5. The Morgan fingerprint density at radius 3 is 2.26 bits per heavy atom. The number of nitrogens with one attached hydrogen (secondary N) is 1. The lowest BCUT2D eigenvalue weighted by Crippen LogP contribution is -2.52. The summed E-state index contributed by atoms with van der Waals surface area (Å²) in [5.74, 6) is -0.444. The number of anilines is 1. The maximum atomic E-state index is 13.9. The number of hydrogen-bond donors (Lipinski definition) is 1. The van der Waals surface area contributed by atoms with Crippen molar-refractivity contribution >= 4 is 55.1 Å². The lowest BCUT2D eigenvalue weighted by atomic mass is 10.0. The summed E-state index contributed by atoms with van der Waals surface area (Å²) >= 11 is 9.73. The highest BCUT2D eigenvalue weighted by Crippen LogP contribution is 2.28. The molecule has 0 aliphatic carbocycles. The minimum absolute atomic E-state index is 0.0512. The van der Waals surface area contributed by atoms with E-state index >= 15 is 0 Å². The first-order valence-electron chi connectivity index (χ1n) is 14.0. The SMILES string of the molecule is CCC(C)NC(=O)C(Cc1ccccc1)N(Cc1ccc(Br)cc1)C(=O)CCCN(c1cccc(Cl)c1C)S(C)(=O)=O. The van der Waals surface area contributed by atoms with Gasteiger partial charge in [-0.15, -0.1) is 0 Å². The molecule has 0 aliphatic rings. The van der Waals surface area contributed by atoms with E-state index < -0.39 is 16.1 Å². The van der Waals surface area contributed by atoms with Crippen molar-refractivity contribution in [3.05, 3.63) is 99.0 Å². The van der Waals surface area contributed by atoms with E-state index in [0.717, 1.165) is 28.3 Å². The molecule has 2 atom stereocenters. The average Bonchev–Trinajstić information content (AvgIpc) is 2.95. The summed E-state index contributed by atoms with van der Waals surface area (Å²) in [6.07, 6.45) is 2.57. The Kier molecular flexibility index (Phi) is 12.4. The zero-order valence-electron chi connectivity index (χ0n) is 24.5. The minimum Gasteiger partial charge on any atom is -0.352 e. The quantitative estimate of drug-likeness (QED) is 0.211. The highest BCUT2D eigenvalue weighted by atomic mass is 79.9. The van der Waals surface area contributed by atoms with Gasteiger partial charge >= 0.3 is 0 Å². The van der Waals surface area contributed by atoms with E-state index in [0.29, 0.717) is 22.7 Å². The molecule has 0 bridgehead atoms. The summed E-state index contributed by atoms with van der Waals surface area (Å²) in [5.41, 5.74) is 2.96. The van der Waals surface area contributed by atoms with Gasteiger partial charge in [0.1, 0.15) is 6.04 Å². The number of rotatable bonds is 14. The van der Waals surface area contributed by atoms with Crippen LogP contribution in [-0.2, 0) is 32.6 Å². The Bertz CT molecular complexity index is 1450. The van der Waals surface area contributed by atoms with Gasteiger partial charge in [0, 0.05) is 41.5 Å². The number of amides is 2. The molecule has 7 nitrogen and oxygen atoms in total. The highest BCUT2D eigenvalue weighted by Gasteiger charge is 2.31. The third-order valence-corrected chi connectivity index (χ3v) is 9.32. The molecule has 2 unspecified atom stereocenters. The number of hydrogen-bond acceptors (Lipinski definition) is 4. The molecule has 0 heterocycles. The smallest absolute Gasteiger partial charge is 0.243 e. The molecule has 0 aromatic heterocycles. The van der Waals surface area contributed by atoms with Crippen LogP contribution >= 0.6 is 27.5 Å². The number of halogens is 2. The molecule has 42 heavy (non-hydrogen) atoms. The lowest BCUT2D eigenvalue weighted by molar-refractivity contribution is -0.141. The summed E-state index contributed by atoms with van der Waals surface area (Å²) in [7, 11) is -3.63. The lowest BCUT2D eigenvalue weighted by Gasteiger charge is -2.33. The van der Waals surface area contributed by atoms with Crippen molar-refractivity contribution in [1.29, 1.82) is 0 Å². The molecule has 3 aromatic rings. The number of benzene rings is 3. The maximum absolute atomic E-state index is 13.9. The van der Waals surface area contributed by atoms with Crippen LogP contribution in [0.5, 0.6) is 0 Å². The molecule has 3 rings (SSSR count). The standard InChI is InChI=1S/C32H39BrClN3O4S/c1-5-23(2)35-32(39)30(21-25-11-7-6-8-12-25)36(22-26-16-18-27(33)19-17-26)31(38)15-10-20-37(42(4,40)41)29-14-9-13-28(34)24(29)3/h6-9,11-14,16-19,23,30H,5,10,15,20-22H2,1-4H3,(H,35,39). The van der Waals surface area contributed by atoms with Crippen LogP contribution in [-0.4, -0.2) is 50.0 Å². The van der Waals surface area contributed by atoms with Gasteiger partial charge < -0.3 is 10.2 Å². The Balaban J connectivity index is 1.90. The van der Waals surface area contributed by atoms with Gasteiger partial charge in [-0.2, -0.15) is 0 Å². The van der Waals surface area contributed by atoms with Crippen molar-refractivity contribution in [2.75, 3.05) is 17.1 Å². The molecule has 3 aromatic carbocycles. The summed E-state index contributed by atoms with van der Waals surface area (Å²) in [4.78, 5) is 29.2. The van der Waals surface area contributed by atoms with E-state index in [2.05, 4.69) is 21.2 Å². The van der Waals surface area contributed by atoms with Crippen LogP contribution in [0.3, 0.4) is 0 Å². The van der Waals surface area contributed by atoms with E-state index in [4.69, 9.17) is 11.6 Å². The molecular weight excluding hydrogens is 638 g/mol. The normalized spacial score (nSPS) is 12.8. The molecule has 0 saturated carbocycles. The number of carbonyl (C=O) groups excluding carboxylic acids is 2. The zero-order chi connectivity index (χ0) is 30.9. The van der Waals surface area contributed by atoms with Gasteiger partial charge in [-0.05, 0) is 67.6 Å². The second-order valence-corrected chi connectivity index (χ2v) is 13.7. The molecular formula is C32H39BrClN3O4S. The fraction of sp³-hybridized carbons (Fsp3) is 0.375. The van der Waals surface area contributed by atoms with Crippen LogP contribution in [0.4, 0.5) is 5.69 Å². The number of carbonyl (C=O) groups is 2. The van der Waals surface area contributed by atoms with E-state index in [1.54, 1.807) is 30.0 Å². The van der Waals surface area contributed by atoms with Gasteiger partial charge in [0.05, 0.1) is 11.9 Å². The van der Waals surface area contributed by atoms with Gasteiger partial charge in [0.25, 0.3) is 0 Å². The van der Waals surface area contributed by atoms with Gasteiger partial charge in [-0.3, -0.25) is 13.9 Å². The first kappa shape index (κ1) is 33.6. The van der Waals surface area contributed by atoms with Crippen LogP contribution < -0.4 is 9.62 Å². The minimum atomic E-state index is -3.63. The molecule has 1 N–H and O–H groups in total. The zero-order valence-corrected chi connectivity index (χ0v) is 27.7. The fourth-order valence-electron chi connectivity index (χ4n) is 4.63. The number of nitrogens with zero attached hydrogens (tertiary/aromatic N) is 2. The Morgan fingerprint density at radius 2 is 1.64 bits per heavy atom. The maximum Gasteiger partial charge on any atom is 0.243 e. The molecule has 0 radical (unpaired) electrons. The Hall–Kier alpha value is -2.88. The van der Waals surface area contributed by atoms with Gasteiger partial charge in [0.15, 0.2) is 0 Å². The van der Waals surface area contributed by atoms with Crippen LogP contribution in [0.25, 0.3) is 0 Å². The summed E-state index contributed by atoms with van der Waals surface area (Å²) in [5, 5.41) is 3.53. The molecule has 0 fully saturated rings. The fourth-order valence-corrected chi connectivity index (χ4v) is 6.08. The third-order valence-electron chi connectivity index (χ3n) is 7.20. The average molecular weight is 677 g/mol. The van der Waals surface area contributed by atoms with Crippen molar-refractivity contribution in [1.82, 2.24) is 10.2 Å². The molecule has 226 valence electrons. The molecule has 0 aliphatic heterocycles. The first-order valence-corrected chi connectivity index (χ1v) is 17.0. The number of sulfonamides is 1. The van der Waals surface area contributed by atoms with Crippen LogP contribution in [0.2, 0.25) is 5.02 Å². The molecule has 2 amide bonds. The largest absolute Gasteiger partial charge is 0.352 e. The first-order chi connectivity index (χ1) is 19.9. The van der Waals surface area contributed by atoms with Crippen molar-refractivity contribution in [2.45, 2.75) is 65.1 Å². The van der Waals surface area contributed by atoms with E-state index in [1.807, 2.05) is 68.4 Å². The second kappa shape index (κ2) is 15.5. The predicted molar refractivity (Wildman–Crippen MR) is 174 cm³/mol. The van der Waals surface area contributed by atoms with E-state index in [-0.39, 0.29) is 43.8 Å². The molecule has 0 saturated heterocycles. The van der Waals surface area contributed by atoms with Crippen LogP contribution in [0.1, 0.15) is 49.8 Å². The summed E-state index contributed by atoms with van der Waals surface area (Å²) in [6.45, 7) is 6.04. The van der Waals surface area contributed by atoms with Crippen LogP contribution in [0.15, 0.2) is 77.3 Å². The molecule has 10 heteroatoms. The van der Waals surface area contributed by atoms with Crippen molar-refractivity contribution in [3.8, 4) is 0 Å². The third kappa shape index (κ3) is 9.57. The summed E-state index contributed by atoms with van der Waals surface area (Å²) < 4.78 is 27.7. The van der Waals surface area contributed by atoms with Gasteiger partial charge in [-0.25, -0.2) is 8.42 Å². The van der Waals surface area contributed by atoms with Crippen molar-refractivity contribution in [3.63, 3.8) is 0 Å². The van der Waals surface area contributed by atoms with Crippen molar-refractivity contribution in [2.24, 2.45) is 0 Å². The van der Waals surface area contributed by atoms with Gasteiger partial charge in [0.2, 0.25) is 21.8 Å². The highest BCUT2D eigenvalue weighted by molar-refractivity contribution is 9.10. The van der Waals surface area contributed by atoms with E-state index in [9.17, 15) is 18.0 Å². The Labute approximate surface area is 263 Å². The monoisotopic (exact) mass is 675 g/mol. The van der Waals surface area contributed by atoms with E-state index in [1.165, 1.54) is 4.31 Å². The molecule has 0 spiro atoms. The van der Waals surface area contributed by atoms with Gasteiger partial charge in [-0.1, -0.05) is 83.0 Å². The van der Waals surface area contributed by atoms with Crippen molar-refractivity contribution < 1.29 is 18.0 Å².